The second-order valence-electron chi connectivity index (χ2n) is 3.65. The lowest BCUT2D eigenvalue weighted by Gasteiger charge is -2.16. The van der Waals surface area contributed by atoms with Gasteiger partial charge < -0.3 is 10.5 Å². The smallest absolute Gasteiger partial charge is 0.389 e. The minimum Gasteiger partial charge on any atom is -0.496 e. The first kappa shape index (κ1) is 14.3. The zero-order valence-corrected chi connectivity index (χ0v) is 10.8. The maximum Gasteiger partial charge on any atom is 0.389 e. The van der Waals surface area contributed by atoms with E-state index < -0.39 is 18.6 Å². The SMILES string of the molecule is COc1cc(Br)ccc1C(N)CCC(F)(F)F. The fourth-order valence-electron chi connectivity index (χ4n) is 1.47. The third kappa shape index (κ3) is 4.55. The van der Waals surface area contributed by atoms with E-state index in [0.717, 1.165) is 4.47 Å². The van der Waals surface area contributed by atoms with Gasteiger partial charge in [-0.2, -0.15) is 13.2 Å². The second kappa shape index (κ2) is 5.73. The summed E-state index contributed by atoms with van der Waals surface area (Å²) < 4.78 is 42.1. The van der Waals surface area contributed by atoms with Crippen molar-refractivity contribution in [1.82, 2.24) is 0 Å². The summed E-state index contributed by atoms with van der Waals surface area (Å²) in [6, 6.07) is 4.40. The number of hydrogen-bond acceptors (Lipinski definition) is 2. The normalized spacial score (nSPS) is 13.5. The van der Waals surface area contributed by atoms with Gasteiger partial charge >= 0.3 is 6.18 Å². The molecule has 0 aliphatic carbocycles. The minimum atomic E-state index is -4.18. The standard InChI is InChI=1S/C11H13BrF3NO/c1-17-10-6-7(12)2-3-8(10)9(16)4-5-11(13,14)15/h2-3,6,9H,4-5,16H2,1H3. The molecule has 0 bridgehead atoms. The van der Waals surface area contributed by atoms with Crippen LogP contribution < -0.4 is 10.5 Å². The van der Waals surface area contributed by atoms with Crippen molar-refractivity contribution in [3.63, 3.8) is 0 Å². The van der Waals surface area contributed by atoms with E-state index in [1.165, 1.54) is 7.11 Å². The first-order valence-electron chi connectivity index (χ1n) is 4.99. The van der Waals surface area contributed by atoms with E-state index >= 15 is 0 Å². The van der Waals surface area contributed by atoms with Crippen molar-refractivity contribution in [2.24, 2.45) is 5.73 Å². The fraction of sp³-hybridized carbons (Fsp3) is 0.455. The van der Waals surface area contributed by atoms with Crippen molar-refractivity contribution in [2.45, 2.75) is 25.1 Å². The lowest BCUT2D eigenvalue weighted by molar-refractivity contribution is -0.136. The van der Waals surface area contributed by atoms with Crippen LogP contribution in [-0.2, 0) is 0 Å². The van der Waals surface area contributed by atoms with Gasteiger partial charge in [-0.15, -0.1) is 0 Å². The van der Waals surface area contributed by atoms with Crippen LogP contribution in [0.3, 0.4) is 0 Å². The Labute approximate surface area is 106 Å². The minimum absolute atomic E-state index is 0.151. The Morgan fingerprint density at radius 1 is 1.41 bits per heavy atom. The van der Waals surface area contributed by atoms with Gasteiger partial charge in [-0.25, -0.2) is 0 Å². The van der Waals surface area contributed by atoms with Crippen molar-refractivity contribution in [2.75, 3.05) is 7.11 Å². The van der Waals surface area contributed by atoms with E-state index in [2.05, 4.69) is 15.9 Å². The average Bonchev–Trinajstić information content (AvgIpc) is 2.24. The highest BCUT2D eigenvalue weighted by molar-refractivity contribution is 9.10. The topological polar surface area (TPSA) is 35.2 Å². The number of ether oxygens (including phenoxy) is 1. The van der Waals surface area contributed by atoms with Gasteiger partial charge in [0.1, 0.15) is 5.75 Å². The molecule has 0 aromatic heterocycles. The van der Waals surface area contributed by atoms with Crippen LogP contribution >= 0.6 is 15.9 Å². The molecule has 2 nitrogen and oxygen atoms in total. The van der Waals surface area contributed by atoms with Crippen molar-refractivity contribution in [1.29, 1.82) is 0 Å². The summed E-state index contributed by atoms with van der Waals surface area (Å²) in [5, 5.41) is 0. The zero-order chi connectivity index (χ0) is 13.1. The number of benzene rings is 1. The van der Waals surface area contributed by atoms with Crippen LogP contribution in [0.5, 0.6) is 5.75 Å². The molecule has 1 atom stereocenters. The maximum atomic E-state index is 12.1. The van der Waals surface area contributed by atoms with E-state index in [1.807, 2.05) is 0 Å². The summed E-state index contributed by atoms with van der Waals surface area (Å²) >= 11 is 3.26. The van der Waals surface area contributed by atoms with E-state index in [4.69, 9.17) is 10.5 Å². The molecule has 0 fully saturated rings. The van der Waals surface area contributed by atoms with E-state index in [9.17, 15) is 13.2 Å². The lowest BCUT2D eigenvalue weighted by atomic mass is 10.0. The predicted molar refractivity (Wildman–Crippen MR) is 62.9 cm³/mol. The number of halogens is 4. The first-order chi connectivity index (χ1) is 7.83. The molecule has 0 radical (unpaired) electrons. The zero-order valence-electron chi connectivity index (χ0n) is 9.22. The van der Waals surface area contributed by atoms with Gasteiger partial charge in [0.05, 0.1) is 7.11 Å². The van der Waals surface area contributed by atoms with Crippen molar-refractivity contribution in [3.8, 4) is 5.75 Å². The van der Waals surface area contributed by atoms with Gasteiger partial charge in [0.25, 0.3) is 0 Å². The Morgan fingerprint density at radius 3 is 2.59 bits per heavy atom. The van der Waals surface area contributed by atoms with Crippen molar-refractivity contribution in [3.05, 3.63) is 28.2 Å². The van der Waals surface area contributed by atoms with Crippen LogP contribution in [0, 0.1) is 0 Å². The van der Waals surface area contributed by atoms with Crippen LogP contribution in [0.4, 0.5) is 13.2 Å². The molecule has 96 valence electrons. The molecule has 0 heterocycles. The summed E-state index contributed by atoms with van der Waals surface area (Å²) in [6.07, 6.45) is -5.23. The largest absolute Gasteiger partial charge is 0.496 e. The Morgan fingerprint density at radius 2 is 2.06 bits per heavy atom. The van der Waals surface area contributed by atoms with Crippen LogP contribution in [0.25, 0.3) is 0 Å². The quantitative estimate of drug-likeness (QED) is 0.918. The summed E-state index contributed by atoms with van der Waals surface area (Å²) in [5.41, 5.74) is 6.32. The van der Waals surface area contributed by atoms with Gasteiger partial charge in [0, 0.05) is 22.5 Å². The Balaban J connectivity index is 2.78. The van der Waals surface area contributed by atoms with Crippen molar-refractivity contribution >= 4 is 15.9 Å². The summed E-state index contributed by atoms with van der Waals surface area (Å²) in [5.74, 6) is 0.494. The van der Waals surface area contributed by atoms with Crippen LogP contribution in [-0.4, -0.2) is 13.3 Å². The van der Waals surface area contributed by atoms with Gasteiger partial charge in [-0.05, 0) is 18.6 Å². The third-order valence-electron chi connectivity index (χ3n) is 2.33. The molecule has 17 heavy (non-hydrogen) atoms. The lowest BCUT2D eigenvalue weighted by Crippen LogP contribution is -2.16. The molecule has 0 saturated heterocycles. The second-order valence-corrected chi connectivity index (χ2v) is 4.56. The molecular weight excluding hydrogens is 299 g/mol. The van der Waals surface area contributed by atoms with Gasteiger partial charge in [0.2, 0.25) is 0 Å². The maximum absolute atomic E-state index is 12.1. The predicted octanol–water partition coefficient (Wildman–Crippen LogP) is 3.80. The highest BCUT2D eigenvalue weighted by Gasteiger charge is 2.28. The van der Waals surface area contributed by atoms with Crippen LogP contribution in [0.1, 0.15) is 24.4 Å². The van der Waals surface area contributed by atoms with Crippen LogP contribution in [0.15, 0.2) is 22.7 Å². The first-order valence-corrected chi connectivity index (χ1v) is 5.78. The summed E-state index contributed by atoms with van der Waals surface area (Å²) in [7, 11) is 1.46. The Hall–Kier alpha value is -0.750. The monoisotopic (exact) mass is 311 g/mol. The number of alkyl halides is 3. The highest BCUT2D eigenvalue weighted by Crippen LogP contribution is 2.32. The number of hydrogen-bond donors (Lipinski definition) is 1. The van der Waals surface area contributed by atoms with Crippen LogP contribution in [0.2, 0.25) is 0 Å². The fourth-order valence-corrected chi connectivity index (χ4v) is 1.81. The average molecular weight is 312 g/mol. The Kier molecular flexibility index (Phi) is 4.82. The molecule has 2 N–H and O–H groups in total. The molecule has 1 aromatic rings. The van der Waals surface area contributed by atoms with Gasteiger partial charge in [-0.1, -0.05) is 22.0 Å². The number of nitrogens with two attached hydrogens (primary N) is 1. The third-order valence-corrected chi connectivity index (χ3v) is 2.83. The van der Waals surface area contributed by atoms with E-state index in [1.54, 1.807) is 18.2 Å². The molecule has 0 saturated carbocycles. The highest BCUT2D eigenvalue weighted by atomic mass is 79.9. The van der Waals surface area contributed by atoms with Crippen molar-refractivity contribution < 1.29 is 17.9 Å². The molecule has 0 amide bonds. The molecule has 0 spiro atoms. The van der Waals surface area contributed by atoms with E-state index in [0.29, 0.717) is 11.3 Å². The molecule has 0 aliphatic heterocycles. The van der Waals surface area contributed by atoms with Gasteiger partial charge in [0.15, 0.2) is 0 Å². The molecule has 1 rings (SSSR count). The van der Waals surface area contributed by atoms with Gasteiger partial charge in [-0.3, -0.25) is 0 Å². The Bertz CT molecular complexity index is 381. The number of rotatable bonds is 4. The molecule has 6 heteroatoms. The molecule has 1 unspecified atom stereocenters. The van der Waals surface area contributed by atoms with E-state index in [-0.39, 0.29) is 6.42 Å². The summed E-state index contributed by atoms with van der Waals surface area (Å²) in [4.78, 5) is 0. The summed E-state index contributed by atoms with van der Waals surface area (Å²) in [6.45, 7) is 0. The number of methoxy groups -OCH3 is 1. The molecule has 0 aliphatic rings. The molecular formula is C11H13BrF3NO. The molecule has 1 aromatic carbocycles.